The number of nitrogens with zero attached hydrogens (tertiary/aromatic N) is 1. The van der Waals surface area contributed by atoms with Crippen molar-refractivity contribution in [2.24, 2.45) is 0 Å². The van der Waals surface area contributed by atoms with E-state index in [-0.39, 0.29) is 28.3 Å². The van der Waals surface area contributed by atoms with Gasteiger partial charge in [-0.05, 0) is 35.3 Å². The average molecular weight is 546 g/mol. The lowest BCUT2D eigenvalue weighted by molar-refractivity contribution is 0.0600. The third kappa shape index (κ3) is 6.20. The lowest BCUT2D eigenvalue weighted by Gasteiger charge is -2.25. The van der Waals surface area contributed by atoms with E-state index in [0.29, 0.717) is 11.1 Å². The van der Waals surface area contributed by atoms with Gasteiger partial charge in [0.2, 0.25) is 10.0 Å². The highest BCUT2D eigenvalue weighted by molar-refractivity contribution is 7.92. The SMILES string of the molecule is COC(=O)c1cc(NS(C)(=O)=O)ccc1/C=C/c1c(F)c(-n2ccc(=O)[nH]c2=O)cc(C(C)(C)C)c1OC. The van der Waals surface area contributed by atoms with E-state index < -0.39 is 38.5 Å². The van der Waals surface area contributed by atoms with Crippen LogP contribution in [0.5, 0.6) is 5.75 Å². The van der Waals surface area contributed by atoms with Crippen molar-refractivity contribution in [3.63, 3.8) is 0 Å². The Hall–Kier alpha value is -4.19. The van der Waals surface area contributed by atoms with Crippen LogP contribution in [0.3, 0.4) is 0 Å². The van der Waals surface area contributed by atoms with Gasteiger partial charge in [-0.3, -0.25) is 19.1 Å². The summed E-state index contributed by atoms with van der Waals surface area (Å²) in [6.45, 7) is 5.66. The van der Waals surface area contributed by atoms with Crippen molar-refractivity contribution in [1.82, 2.24) is 9.55 Å². The number of anilines is 1. The minimum atomic E-state index is -3.60. The number of ether oxygens (including phenoxy) is 2. The molecular weight excluding hydrogens is 517 g/mol. The van der Waals surface area contributed by atoms with Crippen LogP contribution in [0.25, 0.3) is 17.8 Å². The molecule has 0 aliphatic carbocycles. The Kier molecular flexibility index (Phi) is 7.96. The molecular formula is C26H28FN3O7S. The molecule has 0 fully saturated rings. The Balaban J connectivity index is 2.28. The van der Waals surface area contributed by atoms with Gasteiger partial charge in [-0.1, -0.05) is 32.9 Å². The summed E-state index contributed by atoms with van der Waals surface area (Å²) in [4.78, 5) is 38.6. The lowest BCUT2D eigenvalue weighted by atomic mass is 9.84. The molecule has 0 amide bonds. The molecule has 3 aromatic rings. The number of aromatic amines is 1. The number of benzene rings is 2. The van der Waals surface area contributed by atoms with Gasteiger partial charge in [-0.2, -0.15) is 0 Å². The number of hydrogen-bond donors (Lipinski definition) is 2. The maximum atomic E-state index is 16.0. The summed E-state index contributed by atoms with van der Waals surface area (Å²) in [7, 11) is -1.04. The highest BCUT2D eigenvalue weighted by Gasteiger charge is 2.26. The zero-order valence-electron chi connectivity index (χ0n) is 21.7. The smallest absolute Gasteiger partial charge is 0.338 e. The van der Waals surface area contributed by atoms with Crippen LogP contribution in [0, 0.1) is 5.82 Å². The number of nitrogens with one attached hydrogen (secondary N) is 2. The number of rotatable bonds is 7. The Morgan fingerprint density at radius 1 is 1.11 bits per heavy atom. The number of esters is 1. The van der Waals surface area contributed by atoms with E-state index in [0.717, 1.165) is 16.9 Å². The predicted molar refractivity (Wildman–Crippen MR) is 143 cm³/mol. The third-order valence-electron chi connectivity index (χ3n) is 5.52. The fourth-order valence-electron chi connectivity index (χ4n) is 3.80. The molecule has 0 aliphatic heterocycles. The first-order valence-corrected chi connectivity index (χ1v) is 13.2. The van der Waals surface area contributed by atoms with Crippen LogP contribution in [0.15, 0.2) is 46.1 Å². The van der Waals surface area contributed by atoms with Gasteiger partial charge in [0, 0.05) is 23.5 Å². The Morgan fingerprint density at radius 3 is 2.34 bits per heavy atom. The van der Waals surface area contributed by atoms with Gasteiger partial charge >= 0.3 is 11.7 Å². The van der Waals surface area contributed by atoms with E-state index in [2.05, 4.69) is 9.71 Å². The van der Waals surface area contributed by atoms with Crippen molar-refractivity contribution >= 4 is 33.8 Å². The Labute approximate surface area is 218 Å². The standard InChI is InChI=1S/C26H28FN3O7S/c1-26(2,3)19-14-20(30-12-11-21(31)28-25(30)33)22(27)17(23(19)36-4)10-8-15-7-9-16(29-38(6,34)35)13-18(15)24(32)37-5/h7-14,29H,1-6H3,(H,28,31,33)/b10-8+. The third-order valence-corrected chi connectivity index (χ3v) is 6.13. The summed E-state index contributed by atoms with van der Waals surface area (Å²) in [6.07, 6.45) is 4.98. The summed E-state index contributed by atoms with van der Waals surface area (Å²) in [6, 6.07) is 6.80. The van der Waals surface area contributed by atoms with Crippen LogP contribution in [0.4, 0.5) is 10.1 Å². The van der Waals surface area contributed by atoms with E-state index >= 15 is 4.39 Å². The second kappa shape index (κ2) is 10.7. The topological polar surface area (TPSA) is 137 Å². The minimum absolute atomic E-state index is 0.0119. The molecule has 0 aliphatic rings. The average Bonchev–Trinajstić information content (AvgIpc) is 2.81. The zero-order chi connectivity index (χ0) is 28.4. The first-order valence-electron chi connectivity index (χ1n) is 11.3. The number of aromatic nitrogens is 2. The number of H-pyrrole nitrogens is 1. The maximum absolute atomic E-state index is 16.0. The number of carbonyl (C=O) groups excluding carboxylic acids is 1. The summed E-state index contributed by atoms with van der Waals surface area (Å²) < 4.78 is 52.9. The van der Waals surface area contributed by atoms with Crippen LogP contribution in [0.1, 0.15) is 47.8 Å². The molecule has 2 N–H and O–H groups in total. The molecule has 38 heavy (non-hydrogen) atoms. The van der Waals surface area contributed by atoms with Crippen molar-refractivity contribution in [3.05, 3.63) is 85.4 Å². The van der Waals surface area contributed by atoms with Gasteiger partial charge in [-0.25, -0.2) is 22.4 Å². The minimum Gasteiger partial charge on any atom is -0.496 e. The summed E-state index contributed by atoms with van der Waals surface area (Å²) >= 11 is 0. The lowest BCUT2D eigenvalue weighted by Crippen LogP contribution is -2.28. The molecule has 3 rings (SSSR count). The second-order valence-electron chi connectivity index (χ2n) is 9.44. The molecule has 0 bridgehead atoms. The highest BCUT2D eigenvalue weighted by atomic mass is 32.2. The molecule has 0 atom stereocenters. The van der Waals surface area contributed by atoms with Crippen LogP contribution < -0.4 is 20.7 Å². The highest BCUT2D eigenvalue weighted by Crippen LogP contribution is 2.39. The fraction of sp³-hybridized carbons (Fsp3) is 0.269. The number of carbonyl (C=O) groups is 1. The van der Waals surface area contributed by atoms with Crippen LogP contribution >= 0.6 is 0 Å². The van der Waals surface area contributed by atoms with Gasteiger partial charge in [0.1, 0.15) is 5.75 Å². The Morgan fingerprint density at radius 2 is 1.79 bits per heavy atom. The summed E-state index contributed by atoms with van der Waals surface area (Å²) in [5.41, 5.74) is -1.06. The van der Waals surface area contributed by atoms with Crippen LogP contribution in [-0.4, -0.2) is 44.4 Å². The van der Waals surface area contributed by atoms with Gasteiger partial charge in [0.25, 0.3) is 5.56 Å². The largest absolute Gasteiger partial charge is 0.496 e. The molecule has 10 nitrogen and oxygen atoms in total. The van der Waals surface area contributed by atoms with Crippen molar-refractivity contribution in [1.29, 1.82) is 0 Å². The van der Waals surface area contributed by atoms with E-state index in [4.69, 9.17) is 9.47 Å². The van der Waals surface area contributed by atoms with Gasteiger partial charge in [0.15, 0.2) is 5.82 Å². The molecule has 0 spiro atoms. The fourth-order valence-corrected chi connectivity index (χ4v) is 4.35. The van der Waals surface area contributed by atoms with E-state index in [1.165, 1.54) is 56.8 Å². The molecule has 0 unspecified atom stereocenters. The van der Waals surface area contributed by atoms with Gasteiger partial charge in [-0.15, -0.1) is 0 Å². The molecule has 0 radical (unpaired) electrons. The van der Waals surface area contributed by atoms with E-state index in [9.17, 15) is 22.8 Å². The normalized spacial score (nSPS) is 12.0. The number of hydrogen-bond acceptors (Lipinski definition) is 7. The number of methoxy groups -OCH3 is 2. The van der Waals surface area contributed by atoms with Crippen LogP contribution in [-0.2, 0) is 20.2 Å². The van der Waals surface area contributed by atoms with E-state index in [1.807, 2.05) is 20.8 Å². The molecule has 202 valence electrons. The van der Waals surface area contributed by atoms with Crippen LogP contribution in [0.2, 0.25) is 0 Å². The van der Waals surface area contributed by atoms with Crippen molar-refractivity contribution < 1.29 is 27.1 Å². The monoisotopic (exact) mass is 545 g/mol. The van der Waals surface area contributed by atoms with Crippen molar-refractivity contribution in [2.75, 3.05) is 25.2 Å². The molecule has 1 aromatic heterocycles. The quantitative estimate of drug-likeness (QED) is 0.343. The number of halogens is 1. The summed E-state index contributed by atoms with van der Waals surface area (Å²) in [5, 5.41) is 0. The molecule has 1 heterocycles. The maximum Gasteiger partial charge on any atom is 0.338 e. The molecule has 0 saturated heterocycles. The summed E-state index contributed by atoms with van der Waals surface area (Å²) in [5.74, 6) is -1.34. The van der Waals surface area contributed by atoms with E-state index in [1.54, 1.807) is 0 Å². The molecule has 0 saturated carbocycles. The molecule has 12 heteroatoms. The molecule has 2 aromatic carbocycles. The predicted octanol–water partition coefficient (Wildman–Crippen LogP) is 3.30. The van der Waals surface area contributed by atoms with Gasteiger partial charge < -0.3 is 9.47 Å². The first-order chi connectivity index (χ1) is 17.7. The first kappa shape index (κ1) is 28.4. The second-order valence-corrected chi connectivity index (χ2v) is 11.2. The van der Waals surface area contributed by atoms with Crippen molar-refractivity contribution in [3.8, 4) is 11.4 Å². The zero-order valence-corrected chi connectivity index (χ0v) is 22.5. The number of sulfonamides is 1. The Bertz CT molecular complexity index is 1650. The van der Waals surface area contributed by atoms with Gasteiger partial charge in [0.05, 0.1) is 37.3 Å². The van der Waals surface area contributed by atoms with Crippen molar-refractivity contribution in [2.45, 2.75) is 26.2 Å².